The summed E-state index contributed by atoms with van der Waals surface area (Å²) in [4.78, 5) is 15.0. The standard InChI is InChI=1S/C21H23N3O5/c1-26-19-5-3-14(11-20(19)27-2)21(25)22-15-4-6-18-16(12-15)17(23-29-18)13-24-7-9-28-10-8-24/h3-6,11-12H,7-10,13H2,1-2H3,(H,22,25). The Morgan fingerprint density at radius 3 is 2.66 bits per heavy atom. The molecule has 2 aromatic carbocycles. The minimum atomic E-state index is -0.239. The molecule has 1 saturated heterocycles. The van der Waals surface area contributed by atoms with E-state index in [-0.39, 0.29) is 5.91 Å². The molecule has 1 aliphatic rings. The van der Waals surface area contributed by atoms with Gasteiger partial charge in [-0.1, -0.05) is 5.16 Å². The Morgan fingerprint density at radius 2 is 1.90 bits per heavy atom. The summed E-state index contributed by atoms with van der Waals surface area (Å²) in [6.07, 6.45) is 0. The molecular weight excluding hydrogens is 374 g/mol. The van der Waals surface area contributed by atoms with Crippen molar-refractivity contribution in [2.45, 2.75) is 6.54 Å². The fourth-order valence-corrected chi connectivity index (χ4v) is 3.33. The molecule has 2 heterocycles. The lowest BCUT2D eigenvalue weighted by molar-refractivity contribution is 0.0334. The van der Waals surface area contributed by atoms with E-state index in [1.54, 1.807) is 31.4 Å². The average Bonchev–Trinajstić information content (AvgIpc) is 3.16. The number of benzene rings is 2. The fraction of sp³-hybridized carbons (Fsp3) is 0.333. The number of hydrogen-bond donors (Lipinski definition) is 1. The SMILES string of the molecule is COc1ccc(C(=O)Nc2ccc3onc(CN4CCOCC4)c3c2)cc1OC. The Balaban J connectivity index is 1.53. The number of nitrogens with one attached hydrogen (secondary N) is 1. The molecule has 0 bridgehead atoms. The number of rotatable bonds is 6. The molecule has 0 saturated carbocycles. The van der Waals surface area contributed by atoms with Crippen molar-refractivity contribution >= 4 is 22.6 Å². The lowest BCUT2D eigenvalue weighted by atomic mass is 10.1. The van der Waals surface area contributed by atoms with E-state index in [4.69, 9.17) is 18.7 Å². The molecule has 1 aromatic heterocycles. The van der Waals surface area contributed by atoms with Crippen molar-refractivity contribution in [1.29, 1.82) is 0 Å². The van der Waals surface area contributed by atoms with Gasteiger partial charge in [-0.2, -0.15) is 0 Å². The number of morpholine rings is 1. The van der Waals surface area contributed by atoms with E-state index in [9.17, 15) is 4.79 Å². The number of carbonyl (C=O) groups excluding carboxylic acids is 1. The number of carbonyl (C=O) groups is 1. The molecule has 152 valence electrons. The van der Waals surface area contributed by atoms with Crippen LogP contribution in [-0.4, -0.2) is 56.5 Å². The minimum absolute atomic E-state index is 0.239. The van der Waals surface area contributed by atoms with E-state index in [0.717, 1.165) is 37.4 Å². The second-order valence-corrected chi connectivity index (χ2v) is 6.75. The van der Waals surface area contributed by atoms with Gasteiger partial charge >= 0.3 is 0 Å². The summed E-state index contributed by atoms with van der Waals surface area (Å²) >= 11 is 0. The third-order valence-electron chi connectivity index (χ3n) is 4.93. The molecule has 8 nitrogen and oxygen atoms in total. The first kappa shape index (κ1) is 19.2. The topological polar surface area (TPSA) is 86.1 Å². The smallest absolute Gasteiger partial charge is 0.255 e. The van der Waals surface area contributed by atoms with Gasteiger partial charge in [0.2, 0.25) is 0 Å². The van der Waals surface area contributed by atoms with Crippen molar-refractivity contribution in [1.82, 2.24) is 10.1 Å². The number of amides is 1. The Kier molecular flexibility index (Phi) is 5.64. The van der Waals surface area contributed by atoms with Crippen LogP contribution >= 0.6 is 0 Å². The maximum Gasteiger partial charge on any atom is 0.255 e. The normalized spacial score (nSPS) is 14.7. The van der Waals surface area contributed by atoms with Crippen molar-refractivity contribution < 1.29 is 23.5 Å². The van der Waals surface area contributed by atoms with Gasteiger partial charge in [0.1, 0.15) is 5.69 Å². The Hall–Kier alpha value is -3.10. The van der Waals surface area contributed by atoms with Gasteiger partial charge in [0.25, 0.3) is 5.91 Å². The van der Waals surface area contributed by atoms with E-state index >= 15 is 0 Å². The second-order valence-electron chi connectivity index (χ2n) is 6.75. The van der Waals surface area contributed by atoms with E-state index in [2.05, 4.69) is 15.4 Å². The quantitative estimate of drug-likeness (QED) is 0.684. The predicted molar refractivity (Wildman–Crippen MR) is 108 cm³/mol. The van der Waals surface area contributed by atoms with Gasteiger partial charge in [0, 0.05) is 36.3 Å². The highest BCUT2D eigenvalue weighted by molar-refractivity contribution is 6.05. The molecule has 0 spiro atoms. The number of nitrogens with zero attached hydrogens (tertiary/aromatic N) is 2. The van der Waals surface area contributed by atoms with Gasteiger partial charge < -0.3 is 24.1 Å². The molecule has 0 radical (unpaired) electrons. The van der Waals surface area contributed by atoms with Crippen LogP contribution in [0.15, 0.2) is 40.9 Å². The molecule has 1 N–H and O–H groups in total. The lowest BCUT2D eigenvalue weighted by Crippen LogP contribution is -2.35. The highest BCUT2D eigenvalue weighted by Gasteiger charge is 2.17. The maximum absolute atomic E-state index is 12.7. The summed E-state index contributed by atoms with van der Waals surface area (Å²) in [6.45, 7) is 3.86. The summed E-state index contributed by atoms with van der Waals surface area (Å²) in [7, 11) is 3.09. The highest BCUT2D eigenvalue weighted by Crippen LogP contribution is 2.28. The average molecular weight is 397 g/mol. The molecule has 0 unspecified atom stereocenters. The van der Waals surface area contributed by atoms with Crippen LogP contribution in [0.2, 0.25) is 0 Å². The Bertz CT molecular complexity index is 1010. The molecule has 8 heteroatoms. The molecule has 0 atom stereocenters. The summed E-state index contributed by atoms with van der Waals surface area (Å²) in [6, 6.07) is 10.5. The predicted octanol–water partition coefficient (Wildman–Crippen LogP) is 2.93. The summed E-state index contributed by atoms with van der Waals surface area (Å²) in [5.41, 5.74) is 2.69. The molecule has 0 aliphatic carbocycles. The van der Waals surface area contributed by atoms with Crippen LogP contribution in [0.25, 0.3) is 11.0 Å². The van der Waals surface area contributed by atoms with Crippen LogP contribution in [0.3, 0.4) is 0 Å². The van der Waals surface area contributed by atoms with E-state index in [1.165, 1.54) is 7.11 Å². The molecule has 1 aliphatic heterocycles. The number of hydrogen-bond acceptors (Lipinski definition) is 7. The zero-order chi connectivity index (χ0) is 20.2. The third kappa shape index (κ3) is 4.18. The van der Waals surface area contributed by atoms with Gasteiger partial charge in [-0.3, -0.25) is 9.69 Å². The number of fused-ring (bicyclic) bond motifs is 1. The van der Waals surface area contributed by atoms with Crippen LogP contribution in [0.4, 0.5) is 5.69 Å². The maximum atomic E-state index is 12.7. The van der Waals surface area contributed by atoms with E-state index < -0.39 is 0 Å². The first-order chi connectivity index (χ1) is 14.2. The Morgan fingerprint density at radius 1 is 1.10 bits per heavy atom. The van der Waals surface area contributed by atoms with E-state index in [1.807, 2.05) is 12.1 Å². The molecule has 1 fully saturated rings. The number of methoxy groups -OCH3 is 2. The zero-order valence-electron chi connectivity index (χ0n) is 16.4. The van der Waals surface area contributed by atoms with Crippen molar-refractivity contribution in [3.05, 3.63) is 47.7 Å². The summed E-state index contributed by atoms with van der Waals surface area (Å²) in [5.74, 6) is 0.835. The summed E-state index contributed by atoms with van der Waals surface area (Å²) < 4.78 is 21.3. The first-order valence-corrected chi connectivity index (χ1v) is 9.39. The van der Waals surface area contributed by atoms with E-state index in [0.29, 0.717) is 34.9 Å². The first-order valence-electron chi connectivity index (χ1n) is 9.39. The van der Waals surface area contributed by atoms with Gasteiger partial charge in [0.05, 0.1) is 27.4 Å². The number of anilines is 1. The van der Waals surface area contributed by atoms with Crippen LogP contribution in [0, 0.1) is 0 Å². The molecule has 29 heavy (non-hydrogen) atoms. The molecule has 4 rings (SSSR count). The summed E-state index contributed by atoms with van der Waals surface area (Å²) in [5, 5.41) is 8.02. The van der Waals surface area contributed by atoms with Crippen LogP contribution in [-0.2, 0) is 11.3 Å². The molecule has 3 aromatic rings. The van der Waals surface area contributed by atoms with Crippen molar-refractivity contribution in [2.75, 3.05) is 45.8 Å². The second kappa shape index (κ2) is 8.50. The van der Waals surface area contributed by atoms with Crippen LogP contribution < -0.4 is 14.8 Å². The number of ether oxygens (including phenoxy) is 3. The minimum Gasteiger partial charge on any atom is -0.493 e. The highest BCUT2D eigenvalue weighted by atomic mass is 16.5. The van der Waals surface area contributed by atoms with Gasteiger partial charge in [-0.15, -0.1) is 0 Å². The largest absolute Gasteiger partial charge is 0.493 e. The third-order valence-corrected chi connectivity index (χ3v) is 4.93. The monoisotopic (exact) mass is 397 g/mol. The number of aromatic nitrogens is 1. The van der Waals surface area contributed by atoms with Gasteiger partial charge in [-0.25, -0.2) is 0 Å². The van der Waals surface area contributed by atoms with Crippen molar-refractivity contribution in [3.63, 3.8) is 0 Å². The van der Waals surface area contributed by atoms with Gasteiger partial charge in [-0.05, 0) is 36.4 Å². The van der Waals surface area contributed by atoms with Gasteiger partial charge in [0.15, 0.2) is 17.1 Å². The fourth-order valence-electron chi connectivity index (χ4n) is 3.33. The van der Waals surface area contributed by atoms with Crippen LogP contribution in [0.1, 0.15) is 16.1 Å². The van der Waals surface area contributed by atoms with Crippen LogP contribution in [0.5, 0.6) is 11.5 Å². The molecule has 1 amide bonds. The Labute approximate surface area is 168 Å². The lowest BCUT2D eigenvalue weighted by Gasteiger charge is -2.25. The zero-order valence-corrected chi connectivity index (χ0v) is 16.4. The van der Waals surface area contributed by atoms with Crippen molar-refractivity contribution in [2.24, 2.45) is 0 Å². The molecular formula is C21H23N3O5. The van der Waals surface area contributed by atoms with Crippen molar-refractivity contribution in [3.8, 4) is 11.5 Å².